The Morgan fingerprint density at radius 1 is 1.29 bits per heavy atom. The first-order chi connectivity index (χ1) is 6.65. The van der Waals surface area contributed by atoms with Gasteiger partial charge in [-0.25, -0.2) is 0 Å². The summed E-state index contributed by atoms with van der Waals surface area (Å²) in [7, 11) is 0. The fraction of sp³-hybridized carbons (Fsp3) is 0.125. The summed E-state index contributed by atoms with van der Waals surface area (Å²) in [5.74, 6) is -2.00. The average Bonchev–Trinajstić information content (AvgIpc) is 2.18. The molecule has 0 bridgehead atoms. The van der Waals surface area contributed by atoms with Crippen LogP contribution in [0.15, 0.2) is 18.5 Å². The van der Waals surface area contributed by atoms with Crippen LogP contribution >= 0.6 is 0 Å². The number of carbonyl (C=O) groups excluding carboxylic acids is 2. The Morgan fingerprint density at radius 3 is 2.29 bits per heavy atom. The average molecular weight is 254 g/mol. The third kappa shape index (κ3) is 6.31. The first-order valence-corrected chi connectivity index (χ1v) is 3.70. The van der Waals surface area contributed by atoms with Crippen molar-refractivity contribution in [2.24, 2.45) is 0 Å². The van der Waals surface area contributed by atoms with Crippen molar-refractivity contribution in [1.29, 1.82) is 0 Å². The Balaban J connectivity index is -0.000000653. The zero-order valence-electron chi connectivity index (χ0n) is 9.06. The summed E-state index contributed by atoms with van der Waals surface area (Å²) in [5.41, 5.74) is -0.128. The molecule has 1 amide bonds. The van der Waals surface area contributed by atoms with Gasteiger partial charge in [0.2, 0.25) is 0 Å². The quantitative estimate of drug-likeness (QED) is 0.403. The molecule has 9 heteroatoms. The smallest absolute Gasteiger partial charge is 0.545 e. The zero-order valence-corrected chi connectivity index (χ0v) is 11.1. The molecule has 0 saturated heterocycles. The van der Waals surface area contributed by atoms with Crippen molar-refractivity contribution in [3.63, 3.8) is 0 Å². The van der Waals surface area contributed by atoms with Gasteiger partial charge in [0, 0.05) is 18.0 Å². The number of aliphatic hydroxyl groups excluding tert-OH is 1. The number of nitrogens with one attached hydrogen (secondary N) is 1. The van der Waals surface area contributed by atoms with Crippen LogP contribution in [0, 0.1) is 0 Å². The van der Waals surface area contributed by atoms with E-state index >= 15 is 0 Å². The number of amides is 1. The van der Waals surface area contributed by atoms with Crippen LogP contribution in [0.5, 0.6) is 0 Å². The molecule has 0 aromatic carbocycles. The van der Waals surface area contributed by atoms with Crippen LogP contribution in [0.2, 0.25) is 0 Å². The summed E-state index contributed by atoms with van der Waals surface area (Å²) in [6, 6.07) is 1.12. The summed E-state index contributed by atoms with van der Waals surface area (Å²) in [6.45, 7) is -0.519. The van der Waals surface area contributed by atoms with Gasteiger partial charge in [0.1, 0.15) is 6.73 Å². The maximum Gasteiger partial charge on any atom is 1.00 e. The van der Waals surface area contributed by atoms with E-state index in [0.717, 1.165) is 12.3 Å². The Kier molecular flexibility index (Phi) is 12.7. The second-order valence-electron chi connectivity index (χ2n) is 2.41. The minimum absolute atomic E-state index is 0. The summed E-state index contributed by atoms with van der Waals surface area (Å²) < 4.78 is 0. The number of nitrogens with zero attached hydrogens (tertiary/aromatic N) is 1. The van der Waals surface area contributed by atoms with Gasteiger partial charge in [0.15, 0.2) is 0 Å². The normalized spacial score (nSPS) is 7.82. The van der Waals surface area contributed by atoms with E-state index in [2.05, 4.69) is 10.3 Å². The van der Waals surface area contributed by atoms with Gasteiger partial charge in [-0.2, -0.15) is 0 Å². The number of aromatic carboxylic acids is 1. The van der Waals surface area contributed by atoms with Crippen LogP contribution in [0.4, 0.5) is 0 Å². The van der Waals surface area contributed by atoms with Crippen LogP contribution in [-0.4, -0.2) is 39.7 Å². The maximum atomic E-state index is 11.1. The summed E-state index contributed by atoms with van der Waals surface area (Å²) >= 11 is 0. The van der Waals surface area contributed by atoms with Crippen molar-refractivity contribution in [3.05, 3.63) is 29.6 Å². The molecule has 17 heavy (non-hydrogen) atoms. The molecule has 0 aliphatic carbocycles. The molecule has 0 radical (unpaired) electrons. The van der Waals surface area contributed by atoms with Gasteiger partial charge in [0.05, 0.1) is 11.5 Å². The van der Waals surface area contributed by atoms with Crippen molar-refractivity contribution >= 4 is 11.9 Å². The van der Waals surface area contributed by atoms with Crippen molar-refractivity contribution in [2.45, 2.75) is 0 Å². The minimum atomic E-state index is -1.41. The predicted octanol–water partition coefficient (Wildman–Crippen LogP) is -6.52. The Bertz CT molecular complexity index is 373. The number of aromatic nitrogens is 1. The number of pyridine rings is 1. The van der Waals surface area contributed by atoms with Gasteiger partial charge < -0.3 is 31.3 Å². The number of carboxylic acids is 1. The van der Waals surface area contributed by atoms with Gasteiger partial charge in [-0.05, 0) is 6.07 Å². The standard InChI is InChI=1S/C8H8N2O4.Na.2H2O/c11-4-10-7(12)5-1-6(8(13)14)3-9-2-5;;;/h1-3,11H,4H2,(H,10,12)(H,13,14);;2*1H2/q;+1;;/p-1. The molecular formula is C8H11N2NaO6. The number of rotatable bonds is 3. The van der Waals surface area contributed by atoms with E-state index < -0.39 is 18.6 Å². The van der Waals surface area contributed by atoms with E-state index in [1.165, 1.54) is 6.20 Å². The number of aliphatic hydroxyl groups is 1. The van der Waals surface area contributed by atoms with E-state index in [9.17, 15) is 14.7 Å². The van der Waals surface area contributed by atoms with Crippen molar-refractivity contribution in [2.75, 3.05) is 6.73 Å². The summed E-state index contributed by atoms with van der Waals surface area (Å²) in [6.07, 6.45) is 2.27. The third-order valence-electron chi connectivity index (χ3n) is 1.48. The topological polar surface area (TPSA) is 165 Å². The second-order valence-corrected chi connectivity index (χ2v) is 2.41. The van der Waals surface area contributed by atoms with Crippen LogP contribution in [-0.2, 0) is 0 Å². The molecule has 0 aliphatic rings. The summed E-state index contributed by atoms with van der Waals surface area (Å²) in [4.78, 5) is 25.0. The van der Waals surface area contributed by atoms with Crippen LogP contribution in [0.25, 0.3) is 0 Å². The molecule has 1 heterocycles. The molecule has 6 N–H and O–H groups in total. The van der Waals surface area contributed by atoms with Crippen LogP contribution < -0.4 is 40.0 Å². The molecule has 0 spiro atoms. The third-order valence-corrected chi connectivity index (χ3v) is 1.48. The molecule has 0 unspecified atom stereocenters. The molecule has 0 atom stereocenters. The Morgan fingerprint density at radius 2 is 1.82 bits per heavy atom. The first kappa shape index (κ1) is 21.3. The number of hydrogen-bond acceptors (Lipinski definition) is 5. The monoisotopic (exact) mass is 254 g/mol. The number of carbonyl (C=O) groups is 2. The first-order valence-electron chi connectivity index (χ1n) is 3.70. The van der Waals surface area contributed by atoms with Gasteiger partial charge in [0.25, 0.3) is 5.91 Å². The number of carboxylic acid groups (broad SMARTS) is 1. The SMILES string of the molecule is O.O.O=C([O-])c1cncc(C(=O)NCO)c1.[Na+]. The second kappa shape index (κ2) is 10.1. The van der Waals surface area contributed by atoms with E-state index in [0.29, 0.717) is 0 Å². The Labute approximate surface area is 119 Å². The molecular weight excluding hydrogens is 243 g/mol. The van der Waals surface area contributed by atoms with Crippen LogP contribution in [0.3, 0.4) is 0 Å². The van der Waals surface area contributed by atoms with Gasteiger partial charge in [-0.3, -0.25) is 9.78 Å². The predicted molar refractivity (Wildman–Crippen MR) is 50.3 cm³/mol. The fourth-order valence-corrected chi connectivity index (χ4v) is 0.850. The van der Waals surface area contributed by atoms with Crippen molar-refractivity contribution < 1.29 is 60.3 Å². The zero-order chi connectivity index (χ0) is 10.6. The van der Waals surface area contributed by atoms with Crippen LogP contribution in [0.1, 0.15) is 20.7 Å². The molecule has 0 fully saturated rings. The minimum Gasteiger partial charge on any atom is -0.545 e. The molecule has 8 nitrogen and oxygen atoms in total. The maximum absolute atomic E-state index is 11.1. The van der Waals surface area contributed by atoms with Gasteiger partial charge >= 0.3 is 29.6 Å². The fourth-order valence-electron chi connectivity index (χ4n) is 0.850. The van der Waals surface area contributed by atoms with E-state index in [4.69, 9.17) is 5.11 Å². The summed E-state index contributed by atoms with van der Waals surface area (Å²) in [5, 5.41) is 20.9. The molecule has 0 saturated carbocycles. The van der Waals surface area contributed by atoms with Crippen molar-refractivity contribution in [1.82, 2.24) is 10.3 Å². The largest absolute Gasteiger partial charge is 1.00 e. The Hall–Kier alpha value is -1.03. The van der Waals surface area contributed by atoms with E-state index in [1.54, 1.807) is 0 Å². The molecule has 1 rings (SSSR count). The molecule has 90 valence electrons. The van der Waals surface area contributed by atoms with Gasteiger partial charge in [-0.1, -0.05) is 0 Å². The van der Waals surface area contributed by atoms with E-state index in [-0.39, 0.29) is 51.6 Å². The van der Waals surface area contributed by atoms with Crippen molar-refractivity contribution in [3.8, 4) is 0 Å². The molecule has 0 aliphatic heterocycles. The van der Waals surface area contributed by atoms with Gasteiger partial charge in [-0.15, -0.1) is 0 Å². The molecule has 1 aromatic heterocycles. The number of hydrogen-bond donors (Lipinski definition) is 2. The molecule has 1 aromatic rings. The van der Waals surface area contributed by atoms with E-state index in [1.807, 2.05) is 0 Å².